The average molecular weight is 465 g/mol. The van der Waals surface area contributed by atoms with Gasteiger partial charge in [0.1, 0.15) is 10.9 Å². The zero-order valence-corrected chi connectivity index (χ0v) is 17.9. The summed E-state index contributed by atoms with van der Waals surface area (Å²) in [6.45, 7) is 0.399. The van der Waals surface area contributed by atoms with E-state index in [1.807, 2.05) is 12.1 Å². The van der Waals surface area contributed by atoms with Crippen LogP contribution >= 0.6 is 23.2 Å². The molecule has 0 aliphatic carbocycles. The van der Waals surface area contributed by atoms with Crippen LogP contribution in [0.3, 0.4) is 0 Å². The maximum absolute atomic E-state index is 13.3. The summed E-state index contributed by atoms with van der Waals surface area (Å²) in [6.07, 6.45) is 3.18. The highest BCUT2D eigenvalue weighted by molar-refractivity contribution is 6.36. The third-order valence-electron chi connectivity index (χ3n) is 5.01. The molecule has 1 N–H and O–H groups in total. The molecule has 3 heterocycles. The van der Waals surface area contributed by atoms with Crippen LogP contribution in [-0.2, 0) is 6.54 Å². The number of carbonyl (C=O) groups is 1. The van der Waals surface area contributed by atoms with Gasteiger partial charge in [0.25, 0.3) is 11.7 Å². The Kier molecular flexibility index (Phi) is 5.13. The van der Waals surface area contributed by atoms with Crippen LogP contribution in [0.25, 0.3) is 22.4 Å². The van der Waals surface area contributed by atoms with Gasteiger partial charge in [-0.15, -0.1) is 10.2 Å². The van der Waals surface area contributed by atoms with Gasteiger partial charge in [0, 0.05) is 34.9 Å². The van der Waals surface area contributed by atoms with Crippen molar-refractivity contribution in [3.63, 3.8) is 0 Å². The van der Waals surface area contributed by atoms with E-state index in [4.69, 9.17) is 27.6 Å². The monoisotopic (exact) mass is 464 g/mol. The molecule has 0 saturated carbocycles. The largest absolute Gasteiger partial charge is 0.508 e. The second-order valence-corrected chi connectivity index (χ2v) is 7.85. The Morgan fingerprint density at radius 3 is 2.50 bits per heavy atom. The van der Waals surface area contributed by atoms with E-state index in [1.165, 1.54) is 6.07 Å². The molecule has 0 radical (unpaired) electrons. The van der Waals surface area contributed by atoms with Crippen LogP contribution in [0, 0.1) is 0 Å². The number of ketones is 1. The summed E-state index contributed by atoms with van der Waals surface area (Å²) in [5.74, 6) is -0.532. The first-order chi connectivity index (χ1) is 15.5. The molecule has 0 atom stereocenters. The number of phenols is 1. The number of benzene rings is 2. The minimum absolute atomic E-state index is 0.00913. The number of phenolic OH excluding ortho intramolecular Hbond substituents is 1. The molecule has 3 aromatic heterocycles. The molecule has 5 aromatic rings. The van der Waals surface area contributed by atoms with Gasteiger partial charge >= 0.3 is 0 Å². The van der Waals surface area contributed by atoms with E-state index in [1.54, 1.807) is 53.4 Å². The number of hydrogen-bond donors (Lipinski definition) is 1. The zero-order valence-electron chi connectivity index (χ0n) is 16.4. The Morgan fingerprint density at radius 2 is 1.75 bits per heavy atom. The number of aromatic nitrogens is 4. The summed E-state index contributed by atoms with van der Waals surface area (Å²) in [6, 6.07) is 15.5. The molecule has 32 heavy (non-hydrogen) atoms. The lowest BCUT2D eigenvalue weighted by Gasteiger charge is -2.08. The van der Waals surface area contributed by atoms with Crippen molar-refractivity contribution < 1.29 is 14.3 Å². The van der Waals surface area contributed by atoms with E-state index in [-0.39, 0.29) is 28.2 Å². The number of carbonyl (C=O) groups excluding carboxylic acids is 1. The summed E-state index contributed by atoms with van der Waals surface area (Å²) in [4.78, 5) is 17.3. The van der Waals surface area contributed by atoms with E-state index >= 15 is 0 Å². The lowest BCUT2D eigenvalue weighted by atomic mass is 10.1. The Balaban J connectivity index is 1.60. The molecule has 9 heteroatoms. The maximum Gasteiger partial charge on any atom is 0.289 e. The molecule has 0 aliphatic rings. The van der Waals surface area contributed by atoms with E-state index in [0.717, 1.165) is 5.56 Å². The van der Waals surface area contributed by atoms with Crippen LogP contribution in [-0.4, -0.2) is 30.6 Å². The Bertz CT molecular complexity index is 1440. The van der Waals surface area contributed by atoms with Crippen molar-refractivity contribution in [2.75, 3.05) is 0 Å². The van der Waals surface area contributed by atoms with Crippen molar-refractivity contribution >= 4 is 39.9 Å². The van der Waals surface area contributed by atoms with Crippen LogP contribution in [0.4, 0.5) is 0 Å². The molecule has 0 aliphatic heterocycles. The van der Waals surface area contributed by atoms with Crippen molar-refractivity contribution in [3.05, 3.63) is 94.2 Å². The molecule has 2 aromatic carbocycles. The molecule has 0 spiro atoms. The van der Waals surface area contributed by atoms with Gasteiger partial charge in [0.2, 0.25) is 5.89 Å². The SMILES string of the molecule is O=C(c1nnc(-c2ccncc2)o1)c1c(Cl)n(Cc2ccc(Cl)cc2)c2ccc(O)cc12. The zero-order chi connectivity index (χ0) is 22.2. The fourth-order valence-corrected chi connectivity index (χ4v) is 3.95. The highest BCUT2D eigenvalue weighted by Gasteiger charge is 2.27. The topological polar surface area (TPSA) is 94.0 Å². The first kappa shape index (κ1) is 20.2. The number of hydrogen-bond acceptors (Lipinski definition) is 6. The summed E-state index contributed by atoms with van der Waals surface area (Å²) in [7, 11) is 0. The standard InChI is InChI=1S/C23H14Cl2N4O3/c24-15-3-1-13(2-4-15)12-29-18-6-5-16(30)11-17(18)19(21(29)25)20(31)23-28-27-22(32-23)14-7-9-26-10-8-14/h1-11,30H,12H2. The van der Waals surface area contributed by atoms with Crippen LogP contribution in [0.2, 0.25) is 10.2 Å². The van der Waals surface area contributed by atoms with Gasteiger partial charge in [0.15, 0.2) is 0 Å². The van der Waals surface area contributed by atoms with Gasteiger partial charge in [-0.25, -0.2) is 0 Å². The van der Waals surface area contributed by atoms with Crippen molar-refractivity contribution in [1.82, 2.24) is 19.7 Å². The lowest BCUT2D eigenvalue weighted by Crippen LogP contribution is -2.04. The first-order valence-corrected chi connectivity index (χ1v) is 10.3. The molecular formula is C23H14Cl2N4O3. The van der Waals surface area contributed by atoms with Gasteiger partial charge in [-0.2, -0.15) is 0 Å². The predicted molar refractivity (Wildman–Crippen MR) is 120 cm³/mol. The highest BCUT2D eigenvalue weighted by atomic mass is 35.5. The van der Waals surface area contributed by atoms with Crippen molar-refractivity contribution in [2.45, 2.75) is 6.54 Å². The second-order valence-electron chi connectivity index (χ2n) is 7.06. The second kappa shape index (κ2) is 8.11. The Labute approximate surface area is 191 Å². The fraction of sp³-hybridized carbons (Fsp3) is 0.0435. The molecule has 158 valence electrons. The minimum Gasteiger partial charge on any atom is -0.508 e. The number of rotatable bonds is 5. The molecule has 7 nitrogen and oxygen atoms in total. The predicted octanol–water partition coefficient (Wildman–Crippen LogP) is 5.38. The number of fused-ring (bicyclic) bond motifs is 1. The summed E-state index contributed by atoms with van der Waals surface area (Å²) >= 11 is 12.7. The van der Waals surface area contributed by atoms with Gasteiger partial charge < -0.3 is 14.1 Å². The van der Waals surface area contributed by atoms with Crippen LogP contribution < -0.4 is 0 Å². The highest BCUT2D eigenvalue weighted by Crippen LogP contribution is 2.35. The smallest absolute Gasteiger partial charge is 0.289 e. The molecule has 0 amide bonds. The minimum atomic E-state index is -0.534. The van der Waals surface area contributed by atoms with Crippen LogP contribution in [0.15, 0.2) is 71.4 Å². The normalized spacial score (nSPS) is 11.2. The number of halogens is 2. The average Bonchev–Trinajstić information content (AvgIpc) is 3.39. The molecule has 5 rings (SSSR count). The van der Waals surface area contributed by atoms with E-state index in [9.17, 15) is 9.90 Å². The third-order valence-corrected chi connectivity index (χ3v) is 5.66. The fourth-order valence-electron chi connectivity index (χ4n) is 3.49. The van der Waals surface area contributed by atoms with Crippen LogP contribution in [0.1, 0.15) is 21.8 Å². The number of pyridine rings is 1. The quantitative estimate of drug-likeness (QED) is 0.351. The summed E-state index contributed by atoms with van der Waals surface area (Å²) in [5, 5.41) is 19.2. The first-order valence-electron chi connectivity index (χ1n) is 9.55. The van der Waals surface area contributed by atoms with E-state index in [0.29, 0.717) is 28.0 Å². The molecule has 0 saturated heterocycles. The van der Waals surface area contributed by atoms with Crippen molar-refractivity contribution in [3.8, 4) is 17.2 Å². The van der Waals surface area contributed by atoms with Crippen molar-refractivity contribution in [1.29, 1.82) is 0 Å². The molecular weight excluding hydrogens is 451 g/mol. The molecule has 0 fully saturated rings. The molecule has 0 bridgehead atoms. The lowest BCUT2D eigenvalue weighted by molar-refractivity contribution is 0.100. The van der Waals surface area contributed by atoms with Gasteiger partial charge in [-0.1, -0.05) is 35.3 Å². The van der Waals surface area contributed by atoms with Crippen molar-refractivity contribution in [2.24, 2.45) is 0 Å². The van der Waals surface area contributed by atoms with Gasteiger partial charge in [-0.05, 0) is 48.0 Å². The molecule has 0 unspecified atom stereocenters. The Morgan fingerprint density at radius 1 is 1.00 bits per heavy atom. The number of nitrogens with zero attached hydrogens (tertiary/aromatic N) is 4. The summed E-state index contributed by atoms with van der Waals surface area (Å²) in [5.41, 5.74) is 2.44. The maximum atomic E-state index is 13.3. The van der Waals surface area contributed by atoms with E-state index < -0.39 is 5.78 Å². The van der Waals surface area contributed by atoms with E-state index in [2.05, 4.69) is 15.2 Å². The third kappa shape index (κ3) is 3.62. The van der Waals surface area contributed by atoms with Gasteiger partial charge in [-0.3, -0.25) is 9.78 Å². The summed E-state index contributed by atoms with van der Waals surface area (Å²) < 4.78 is 7.40. The Hall–Kier alpha value is -3.68. The van der Waals surface area contributed by atoms with Gasteiger partial charge in [0.05, 0.1) is 11.1 Å². The van der Waals surface area contributed by atoms with Crippen LogP contribution in [0.5, 0.6) is 5.75 Å². The number of aromatic hydroxyl groups is 1.